The Bertz CT molecular complexity index is 783. The molecule has 1 fully saturated rings. The fourth-order valence-electron chi connectivity index (χ4n) is 3.21. The standard InChI is InChI=1S/C23H31N3O2/c1-17(2)20-7-4-8-21(14-20)26-23(24)25-15-18-5-3-6-19(13-18)16-28-22-9-11-27-12-10-22/h3-8,13-14,17,22H,9-12,15-16H2,1-2H3,(H3,24,25,26). The molecule has 0 saturated carbocycles. The first kappa shape index (κ1) is 20.4. The highest BCUT2D eigenvalue weighted by molar-refractivity contribution is 5.92. The van der Waals surface area contributed by atoms with Crippen molar-refractivity contribution in [3.8, 4) is 0 Å². The molecule has 0 amide bonds. The first-order valence-electron chi connectivity index (χ1n) is 10.0. The van der Waals surface area contributed by atoms with E-state index in [9.17, 15) is 0 Å². The molecule has 0 bridgehead atoms. The molecule has 0 radical (unpaired) electrons. The number of anilines is 1. The van der Waals surface area contributed by atoms with Crippen molar-refractivity contribution in [1.29, 1.82) is 0 Å². The van der Waals surface area contributed by atoms with Gasteiger partial charge in [-0.05, 0) is 47.6 Å². The molecule has 5 heteroatoms. The van der Waals surface area contributed by atoms with Gasteiger partial charge in [-0.15, -0.1) is 0 Å². The van der Waals surface area contributed by atoms with Gasteiger partial charge in [0.2, 0.25) is 0 Å². The van der Waals surface area contributed by atoms with E-state index in [1.165, 1.54) is 5.56 Å². The van der Waals surface area contributed by atoms with E-state index in [-0.39, 0.29) is 0 Å². The SMILES string of the molecule is CC(C)c1cccc(NC(N)=NCc2cccc(COC3CCOCC3)c2)c1. The van der Waals surface area contributed by atoms with Crippen LogP contribution in [0.15, 0.2) is 53.5 Å². The van der Waals surface area contributed by atoms with E-state index in [1.807, 2.05) is 18.2 Å². The van der Waals surface area contributed by atoms with Crippen LogP contribution in [-0.4, -0.2) is 25.3 Å². The molecule has 0 spiro atoms. The van der Waals surface area contributed by atoms with Gasteiger partial charge in [0.1, 0.15) is 0 Å². The molecule has 28 heavy (non-hydrogen) atoms. The molecule has 0 atom stereocenters. The zero-order chi connectivity index (χ0) is 19.8. The lowest BCUT2D eigenvalue weighted by atomic mass is 10.0. The summed E-state index contributed by atoms with van der Waals surface area (Å²) >= 11 is 0. The summed E-state index contributed by atoms with van der Waals surface area (Å²) in [6, 6.07) is 16.6. The lowest BCUT2D eigenvalue weighted by Crippen LogP contribution is -2.23. The Morgan fingerprint density at radius 3 is 2.68 bits per heavy atom. The van der Waals surface area contributed by atoms with Crippen LogP contribution in [0.1, 0.15) is 49.3 Å². The summed E-state index contributed by atoms with van der Waals surface area (Å²) in [5, 5.41) is 3.18. The first-order chi connectivity index (χ1) is 13.6. The van der Waals surface area contributed by atoms with E-state index in [2.05, 4.69) is 54.5 Å². The van der Waals surface area contributed by atoms with E-state index >= 15 is 0 Å². The van der Waals surface area contributed by atoms with Crippen molar-refractivity contribution in [1.82, 2.24) is 0 Å². The smallest absolute Gasteiger partial charge is 0.193 e. The van der Waals surface area contributed by atoms with Crippen LogP contribution in [0.2, 0.25) is 0 Å². The molecule has 2 aromatic rings. The molecule has 0 aromatic heterocycles. The fraction of sp³-hybridized carbons (Fsp3) is 0.435. The van der Waals surface area contributed by atoms with Crippen molar-refractivity contribution in [2.24, 2.45) is 10.7 Å². The van der Waals surface area contributed by atoms with Crippen molar-refractivity contribution in [3.63, 3.8) is 0 Å². The van der Waals surface area contributed by atoms with Crippen LogP contribution in [-0.2, 0) is 22.6 Å². The van der Waals surface area contributed by atoms with E-state index < -0.39 is 0 Å². The molecule has 150 valence electrons. The molecule has 3 rings (SSSR count). The number of nitrogens with one attached hydrogen (secondary N) is 1. The van der Waals surface area contributed by atoms with E-state index in [4.69, 9.17) is 15.2 Å². The van der Waals surface area contributed by atoms with Gasteiger partial charge in [0.05, 0.1) is 19.3 Å². The first-order valence-corrected chi connectivity index (χ1v) is 10.0. The number of nitrogens with zero attached hydrogens (tertiary/aromatic N) is 1. The van der Waals surface area contributed by atoms with E-state index in [0.717, 1.165) is 42.9 Å². The van der Waals surface area contributed by atoms with Crippen molar-refractivity contribution in [2.75, 3.05) is 18.5 Å². The zero-order valence-electron chi connectivity index (χ0n) is 16.9. The summed E-state index contributed by atoms with van der Waals surface area (Å²) in [5.41, 5.74) is 10.6. The van der Waals surface area contributed by atoms with Gasteiger partial charge in [0.25, 0.3) is 0 Å². The molecular weight excluding hydrogens is 350 g/mol. The van der Waals surface area contributed by atoms with Crippen LogP contribution in [0, 0.1) is 0 Å². The highest BCUT2D eigenvalue weighted by Gasteiger charge is 2.14. The fourth-order valence-corrected chi connectivity index (χ4v) is 3.21. The molecule has 5 nitrogen and oxygen atoms in total. The molecule has 3 N–H and O–H groups in total. The number of hydrogen-bond acceptors (Lipinski definition) is 3. The van der Waals surface area contributed by atoms with Crippen LogP contribution < -0.4 is 11.1 Å². The maximum absolute atomic E-state index is 6.08. The summed E-state index contributed by atoms with van der Waals surface area (Å²) in [6.45, 7) is 7.11. The Labute approximate surface area is 168 Å². The Morgan fingerprint density at radius 2 is 1.89 bits per heavy atom. The van der Waals surface area contributed by atoms with Crippen LogP contribution in [0.3, 0.4) is 0 Å². The maximum atomic E-state index is 6.08. The third-order valence-corrected chi connectivity index (χ3v) is 4.90. The molecular formula is C23H31N3O2. The number of nitrogens with two attached hydrogens (primary N) is 1. The summed E-state index contributed by atoms with van der Waals surface area (Å²) in [5.74, 6) is 0.899. The Morgan fingerprint density at radius 1 is 1.14 bits per heavy atom. The number of guanidine groups is 1. The molecule has 1 heterocycles. The number of rotatable bonds is 7. The minimum Gasteiger partial charge on any atom is -0.381 e. The summed E-state index contributed by atoms with van der Waals surface area (Å²) in [4.78, 5) is 4.48. The molecule has 0 unspecified atom stereocenters. The van der Waals surface area contributed by atoms with Crippen LogP contribution in [0.4, 0.5) is 5.69 Å². The largest absolute Gasteiger partial charge is 0.381 e. The monoisotopic (exact) mass is 381 g/mol. The molecule has 2 aromatic carbocycles. The quantitative estimate of drug-likeness (QED) is 0.550. The second-order valence-electron chi connectivity index (χ2n) is 7.55. The number of aliphatic imine (C=N–C) groups is 1. The second-order valence-corrected chi connectivity index (χ2v) is 7.55. The lowest BCUT2D eigenvalue weighted by molar-refractivity contribution is -0.0390. The van der Waals surface area contributed by atoms with Gasteiger partial charge in [-0.1, -0.05) is 50.2 Å². The van der Waals surface area contributed by atoms with Crippen molar-refractivity contribution in [3.05, 3.63) is 65.2 Å². The Hall–Kier alpha value is -2.37. The maximum Gasteiger partial charge on any atom is 0.193 e. The minimum absolute atomic E-state index is 0.303. The average Bonchev–Trinajstić information content (AvgIpc) is 2.72. The average molecular weight is 382 g/mol. The molecule has 1 saturated heterocycles. The predicted octanol–water partition coefficient (Wildman–Crippen LogP) is 4.43. The van der Waals surface area contributed by atoms with Crippen molar-refractivity contribution in [2.45, 2.75) is 51.9 Å². The normalized spacial score (nSPS) is 15.8. The van der Waals surface area contributed by atoms with Crippen molar-refractivity contribution >= 4 is 11.6 Å². The molecule has 0 aliphatic carbocycles. The van der Waals surface area contributed by atoms with Gasteiger partial charge in [-0.25, -0.2) is 4.99 Å². The Balaban J connectivity index is 1.53. The predicted molar refractivity (Wildman–Crippen MR) is 115 cm³/mol. The molecule has 1 aliphatic rings. The van der Waals surface area contributed by atoms with Gasteiger partial charge < -0.3 is 20.5 Å². The highest BCUT2D eigenvalue weighted by Crippen LogP contribution is 2.18. The third-order valence-electron chi connectivity index (χ3n) is 4.90. The minimum atomic E-state index is 0.303. The van der Waals surface area contributed by atoms with Crippen molar-refractivity contribution < 1.29 is 9.47 Å². The summed E-state index contributed by atoms with van der Waals surface area (Å²) in [6.07, 6.45) is 2.26. The van der Waals surface area contributed by atoms with Gasteiger partial charge in [0, 0.05) is 18.9 Å². The topological polar surface area (TPSA) is 68.9 Å². The van der Waals surface area contributed by atoms with Gasteiger partial charge in [-0.2, -0.15) is 0 Å². The van der Waals surface area contributed by atoms with Gasteiger partial charge in [-0.3, -0.25) is 0 Å². The third kappa shape index (κ3) is 6.36. The number of ether oxygens (including phenoxy) is 2. The zero-order valence-corrected chi connectivity index (χ0v) is 16.9. The van der Waals surface area contributed by atoms with E-state index in [0.29, 0.717) is 31.1 Å². The van der Waals surface area contributed by atoms with Crippen LogP contribution in [0.5, 0.6) is 0 Å². The number of hydrogen-bond donors (Lipinski definition) is 2. The highest BCUT2D eigenvalue weighted by atomic mass is 16.5. The Kier molecular flexibility index (Phi) is 7.46. The number of benzene rings is 2. The lowest BCUT2D eigenvalue weighted by Gasteiger charge is -2.22. The second kappa shape index (κ2) is 10.2. The van der Waals surface area contributed by atoms with Crippen LogP contribution >= 0.6 is 0 Å². The van der Waals surface area contributed by atoms with Gasteiger partial charge in [0.15, 0.2) is 5.96 Å². The van der Waals surface area contributed by atoms with Crippen LogP contribution in [0.25, 0.3) is 0 Å². The summed E-state index contributed by atoms with van der Waals surface area (Å²) < 4.78 is 11.4. The summed E-state index contributed by atoms with van der Waals surface area (Å²) in [7, 11) is 0. The van der Waals surface area contributed by atoms with Gasteiger partial charge >= 0.3 is 0 Å². The van der Waals surface area contributed by atoms with E-state index in [1.54, 1.807) is 0 Å². The molecule has 1 aliphatic heterocycles.